The second kappa shape index (κ2) is 5.42. The van der Waals surface area contributed by atoms with Crippen molar-refractivity contribution in [2.24, 2.45) is 0 Å². The Morgan fingerprint density at radius 3 is 2.61 bits per heavy atom. The molecule has 3 aromatic rings. The summed E-state index contributed by atoms with van der Waals surface area (Å²) in [7, 11) is 0. The number of nitrogens with one attached hydrogen (secondary N) is 1. The highest BCUT2D eigenvalue weighted by Crippen LogP contribution is 2.28. The zero-order chi connectivity index (χ0) is 16.6. The van der Waals surface area contributed by atoms with Crippen LogP contribution in [0.1, 0.15) is 5.56 Å². The SMILES string of the molecule is Cc1ccccc1-c1nc2ccc(NC(=O)C(F)(F)F)cc2o1. The molecule has 1 amide bonds. The maximum atomic E-state index is 12.3. The van der Waals surface area contributed by atoms with Gasteiger partial charge in [0.2, 0.25) is 5.89 Å². The van der Waals surface area contributed by atoms with Gasteiger partial charge in [-0.1, -0.05) is 18.2 Å². The van der Waals surface area contributed by atoms with E-state index in [1.54, 1.807) is 5.32 Å². The summed E-state index contributed by atoms with van der Waals surface area (Å²) < 4.78 is 42.4. The molecule has 0 fully saturated rings. The lowest BCUT2D eigenvalue weighted by atomic mass is 10.1. The van der Waals surface area contributed by atoms with Crippen molar-refractivity contribution in [1.29, 1.82) is 0 Å². The van der Waals surface area contributed by atoms with E-state index in [2.05, 4.69) is 4.98 Å². The van der Waals surface area contributed by atoms with E-state index in [9.17, 15) is 18.0 Å². The first-order valence-corrected chi connectivity index (χ1v) is 6.69. The average molecular weight is 320 g/mol. The van der Waals surface area contributed by atoms with E-state index in [1.807, 2.05) is 31.2 Å². The molecule has 0 radical (unpaired) electrons. The van der Waals surface area contributed by atoms with Crippen LogP contribution >= 0.6 is 0 Å². The van der Waals surface area contributed by atoms with Gasteiger partial charge in [-0.3, -0.25) is 4.79 Å². The second-order valence-corrected chi connectivity index (χ2v) is 4.97. The van der Waals surface area contributed by atoms with Crippen molar-refractivity contribution in [1.82, 2.24) is 4.98 Å². The molecule has 23 heavy (non-hydrogen) atoms. The highest BCUT2D eigenvalue weighted by atomic mass is 19.4. The highest BCUT2D eigenvalue weighted by molar-refractivity contribution is 5.96. The molecule has 0 atom stereocenters. The number of fused-ring (bicyclic) bond motifs is 1. The van der Waals surface area contributed by atoms with E-state index in [0.717, 1.165) is 11.1 Å². The summed E-state index contributed by atoms with van der Waals surface area (Å²) in [4.78, 5) is 15.3. The number of nitrogens with zero attached hydrogens (tertiary/aromatic N) is 1. The number of alkyl halides is 3. The highest BCUT2D eigenvalue weighted by Gasteiger charge is 2.38. The lowest BCUT2D eigenvalue weighted by Crippen LogP contribution is -2.29. The Bertz CT molecular complexity index is 884. The van der Waals surface area contributed by atoms with Gasteiger partial charge in [-0.15, -0.1) is 0 Å². The largest absolute Gasteiger partial charge is 0.471 e. The molecule has 0 saturated carbocycles. The molecule has 0 saturated heterocycles. The van der Waals surface area contributed by atoms with Crippen LogP contribution in [0.15, 0.2) is 46.9 Å². The van der Waals surface area contributed by atoms with Gasteiger partial charge in [0.05, 0.1) is 0 Å². The van der Waals surface area contributed by atoms with Crippen LogP contribution in [0, 0.1) is 6.92 Å². The smallest absolute Gasteiger partial charge is 0.436 e. The predicted molar refractivity (Wildman–Crippen MR) is 78.9 cm³/mol. The Hall–Kier alpha value is -2.83. The molecule has 0 unspecified atom stereocenters. The number of aryl methyl sites for hydroxylation is 1. The number of rotatable bonds is 2. The van der Waals surface area contributed by atoms with Crippen LogP contribution < -0.4 is 5.32 Å². The fraction of sp³-hybridized carbons (Fsp3) is 0.125. The van der Waals surface area contributed by atoms with Crippen LogP contribution in [0.25, 0.3) is 22.6 Å². The van der Waals surface area contributed by atoms with Crippen LogP contribution in [-0.4, -0.2) is 17.1 Å². The third-order valence-corrected chi connectivity index (χ3v) is 3.28. The molecule has 4 nitrogen and oxygen atoms in total. The number of aromatic nitrogens is 1. The van der Waals surface area contributed by atoms with Gasteiger partial charge in [-0.25, -0.2) is 4.98 Å². The quantitative estimate of drug-likeness (QED) is 0.766. The first-order chi connectivity index (χ1) is 10.8. The maximum Gasteiger partial charge on any atom is 0.471 e. The number of amides is 1. The standard InChI is InChI=1S/C16H11F3N2O2/c1-9-4-2-3-5-11(9)14-21-12-7-6-10(8-13(12)23-14)20-15(22)16(17,18)19/h2-8H,1H3,(H,20,22). The van der Waals surface area contributed by atoms with Gasteiger partial charge in [-0.05, 0) is 30.7 Å². The third-order valence-electron chi connectivity index (χ3n) is 3.28. The van der Waals surface area contributed by atoms with E-state index in [1.165, 1.54) is 18.2 Å². The molecule has 118 valence electrons. The molecule has 7 heteroatoms. The number of hydrogen-bond donors (Lipinski definition) is 1. The van der Waals surface area contributed by atoms with Gasteiger partial charge >= 0.3 is 12.1 Å². The summed E-state index contributed by atoms with van der Waals surface area (Å²) in [6.07, 6.45) is -4.94. The number of benzene rings is 2. The number of hydrogen-bond acceptors (Lipinski definition) is 3. The topological polar surface area (TPSA) is 55.1 Å². The fourth-order valence-electron chi connectivity index (χ4n) is 2.13. The number of halogens is 3. The Morgan fingerprint density at radius 1 is 1.17 bits per heavy atom. The van der Waals surface area contributed by atoms with Crippen molar-refractivity contribution in [3.05, 3.63) is 48.0 Å². The number of carbonyl (C=O) groups excluding carboxylic acids is 1. The summed E-state index contributed by atoms with van der Waals surface area (Å²) in [5, 5.41) is 1.78. The zero-order valence-corrected chi connectivity index (χ0v) is 11.9. The van der Waals surface area contributed by atoms with Crippen LogP contribution in [0.2, 0.25) is 0 Å². The molecule has 2 aromatic carbocycles. The van der Waals surface area contributed by atoms with Crippen molar-refractivity contribution in [2.45, 2.75) is 13.1 Å². The van der Waals surface area contributed by atoms with Gasteiger partial charge in [0, 0.05) is 17.3 Å². The Labute approximate surface area is 128 Å². The van der Waals surface area contributed by atoms with Crippen LogP contribution in [0.4, 0.5) is 18.9 Å². The molecule has 3 rings (SSSR count). The van der Waals surface area contributed by atoms with Crippen molar-refractivity contribution < 1.29 is 22.4 Å². The van der Waals surface area contributed by atoms with E-state index in [0.29, 0.717) is 17.0 Å². The zero-order valence-electron chi connectivity index (χ0n) is 11.9. The summed E-state index contributed by atoms with van der Waals surface area (Å²) in [5.41, 5.74) is 2.54. The third kappa shape index (κ3) is 3.03. The molecule has 1 aromatic heterocycles. The predicted octanol–water partition coefficient (Wildman–Crippen LogP) is 4.30. The van der Waals surface area contributed by atoms with E-state index in [4.69, 9.17) is 4.42 Å². The lowest BCUT2D eigenvalue weighted by Gasteiger charge is -2.07. The molecule has 0 bridgehead atoms. The number of carbonyl (C=O) groups is 1. The summed E-state index contributed by atoms with van der Waals surface area (Å²) in [6.45, 7) is 1.90. The van der Waals surface area contributed by atoms with Crippen molar-refractivity contribution in [3.63, 3.8) is 0 Å². The van der Waals surface area contributed by atoms with Crippen molar-refractivity contribution >= 4 is 22.7 Å². The lowest BCUT2D eigenvalue weighted by molar-refractivity contribution is -0.167. The molecule has 0 aliphatic rings. The second-order valence-electron chi connectivity index (χ2n) is 4.97. The monoisotopic (exact) mass is 320 g/mol. The number of oxazole rings is 1. The van der Waals surface area contributed by atoms with Crippen LogP contribution in [0.5, 0.6) is 0 Å². The first kappa shape index (κ1) is 15.1. The van der Waals surface area contributed by atoms with Crippen molar-refractivity contribution in [2.75, 3.05) is 5.32 Å². The van der Waals surface area contributed by atoms with Gasteiger partial charge in [-0.2, -0.15) is 13.2 Å². The maximum absolute atomic E-state index is 12.3. The van der Waals surface area contributed by atoms with E-state index >= 15 is 0 Å². The van der Waals surface area contributed by atoms with Crippen LogP contribution in [-0.2, 0) is 4.79 Å². The van der Waals surface area contributed by atoms with E-state index in [-0.39, 0.29) is 5.69 Å². The van der Waals surface area contributed by atoms with Crippen LogP contribution in [0.3, 0.4) is 0 Å². The Kier molecular flexibility index (Phi) is 3.55. The molecule has 1 N–H and O–H groups in total. The van der Waals surface area contributed by atoms with Gasteiger partial charge in [0.15, 0.2) is 5.58 Å². The summed E-state index contributed by atoms with van der Waals surface area (Å²) in [6, 6.07) is 11.6. The van der Waals surface area contributed by atoms with E-state index < -0.39 is 12.1 Å². The minimum absolute atomic E-state index is 0.00712. The normalized spacial score (nSPS) is 11.7. The molecule has 0 spiro atoms. The average Bonchev–Trinajstić information content (AvgIpc) is 2.89. The Morgan fingerprint density at radius 2 is 1.91 bits per heavy atom. The minimum Gasteiger partial charge on any atom is -0.436 e. The van der Waals surface area contributed by atoms with Gasteiger partial charge in [0.1, 0.15) is 5.52 Å². The number of anilines is 1. The first-order valence-electron chi connectivity index (χ1n) is 6.69. The fourth-order valence-corrected chi connectivity index (χ4v) is 2.13. The minimum atomic E-state index is -4.94. The molecule has 0 aliphatic carbocycles. The summed E-state index contributed by atoms with van der Waals surface area (Å²) in [5.74, 6) is -1.66. The summed E-state index contributed by atoms with van der Waals surface area (Å²) >= 11 is 0. The molecule has 1 heterocycles. The van der Waals surface area contributed by atoms with Gasteiger partial charge < -0.3 is 9.73 Å². The molecule has 0 aliphatic heterocycles. The molecular formula is C16H11F3N2O2. The van der Waals surface area contributed by atoms with Crippen molar-refractivity contribution in [3.8, 4) is 11.5 Å². The van der Waals surface area contributed by atoms with Gasteiger partial charge in [0.25, 0.3) is 0 Å². The Balaban J connectivity index is 1.96. The molecular weight excluding hydrogens is 309 g/mol.